The molecule has 5 heteroatoms. The molecule has 0 aromatic heterocycles. The van der Waals surface area contributed by atoms with Crippen LogP contribution in [0.15, 0.2) is 0 Å². The second-order valence-electron chi connectivity index (χ2n) is 2.24. The van der Waals surface area contributed by atoms with Crippen molar-refractivity contribution in [3.05, 3.63) is 0 Å². The van der Waals surface area contributed by atoms with Gasteiger partial charge in [-0.05, 0) is 12.7 Å². The lowest BCUT2D eigenvalue weighted by atomic mass is 10.3. The number of hydrogen-bond acceptors (Lipinski definition) is 4. The summed E-state index contributed by atoms with van der Waals surface area (Å²) in [5.41, 5.74) is 0. The molecular weight excluding hydrogens is 192 g/mol. The van der Waals surface area contributed by atoms with Crippen molar-refractivity contribution in [2.24, 2.45) is 0 Å². The highest BCUT2D eigenvalue weighted by Gasteiger charge is 2.16. The quantitative estimate of drug-likeness (QED) is 0.593. The lowest BCUT2D eigenvalue weighted by molar-refractivity contribution is 0.135. The average Bonchev–Trinajstić information content (AvgIpc) is 2.13. The first kappa shape index (κ1) is 12.4. The minimum Gasteiger partial charge on any atom is -0.375 e. The Hall–Kier alpha value is 0.447. The lowest BCUT2D eigenvalue weighted by Crippen LogP contribution is -2.27. The molecule has 0 bridgehead atoms. The van der Waals surface area contributed by atoms with Crippen LogP contribution in [-0.2, 0) is 13.3 Å². The molecule has 0 aromatic carbocycles. The smallest absolute Gasteiger partial charge is 0.375 e. The van der Waals surface area contributed by atoms with Crippen LogP contribution in [0.1, 0.15) is 13.3 Å². The van der Waals surface area contributed by atoms with Crippen LogP contribution < -0.4 is 0 Å². The topological polar surface area (TPSA) is 27.7 Å². The van der Waals surface area contributed by atoms with Gasteiger partial charge in [0.05, 0.1) is 6.61 Å². The summed E-state index contributed by atoms with van der Waals surface area (Å²) in [6.45, 7) is 2.87. The van der Waals surface area contributed by atoms with Gasteiger partial charge in [0.25, 0.3) is 0 Å². The lowest BCUT2D eigenvalue weighted by Gasteiger charge is -2.14. The Morgan fingerprint density at radius 2 is 1.92 bits per heavy atom. The summed E-state index contributed by atoms with van der Waals surface area (Å²) in [5, 5.41) is 0.551. The van der Waals surface area contributed by atoms with Crippen molar-refractivity contribution in [2.75, 3.05) is 27.1 Å². The molecule has 0 N–H and O–H groups in total. The van der Waals surface area contributed by atoms with E-state index in [4.69, 9.17) is 13.3 Å². The molecule has 0 aliphatic carbocycles. The van der Waals surface area contributed by atoms with Crippen molar-refractivity contribution in [1.29, 1.82) is 0 Å². The SMILES string of the molecule is CCC(CO[Si](OC)OC)SC. The van der Waals surface area contributed by atoms with Crippen molar-refractivity contribution in [3.8, 4) is 0 Å². The van der Waals surface area contributed by atoms with Crippen LogP contribution in [0.25, 0.3) is 0 Å². The van der Waals surface area contributed by atoms with Gasteiger partial charge in [-0.25, -0.2) is 0 Å². The molecule has 0 heterocycles. The van der Waals surface area contributed by atoms with Crippen LogP contribution in [0.2, 0.25) is 0 Å². The second kappa shape index (κ2) is 8.06. The molecule has 12 heavy (non-hydrogen) atoms. The summed E-state index contributed by atoms with van der Waals surface area (Å²) in [4.78, 5) is 0. The first-order valence-corrected chi connectivity index (χ1v) is 6.40. The minimum absolute atomic E-state index is 0.551. The highest BCUT2D eigenvalue weighted by Crippen LogP contribution is 2.10. The Morgan fingerprint density at radius 3 is 2.25 bits per heavy atom. The van der Waals surface area contributed by atoms with Crippen LogP contribution in [0.5, 0.6) is 0 Å². The fraction of sp³-hybridized carbons (Fsp3) is 1.00. The molecule has 0 aliphatic rings. The summed E-state index contributed by atoms with van der Waals surface area (Å²) in [6, 6.07) is 0. The molecule has 0 fully saturated rings. The van der Waals surface area contributed by atoms with Gasteiger partial charge in [-0.1, -0.05) is 6.92 Å². The monoisotopic (exact) mass is 209 g/mol. The summed E-state index contributed by atoms with van der Waals surface area (Å²) in [6.07, 6.45) is 3.20. The van der Waals surface area contributed by atoms with E-state index < -0.39 is 9.53 Å². The van der Waals surface area contributed by atoms with Crippen LogP contribution in [-0.4, -0.2) is 41.9 Å². The zero-order valence-corrected chi connectivity index (χ0v) is 9.94. The maximum absolute atomic E-state index is 5.42. The van der Waals surface area contributed by atoms with Crippen molar-refractivity contribution in [2.45, 2.75) is 18.6 Å². The van der Waals surface area contributed by atoms with E-state index in [2.05, 4.69) is 13.2 Å². The Labute approximate surface area is 80.7 Å². The van der Waals surface area contributed by atoms with E-state index >= 15 is 0 Å². The third-order valence-corrected chi connectivity index (χ3v) is 3.71. The predicted octanol–water partition coefficient (Wildman–Crippen LogP) is 1.42. The van der Waals surface area contributed by atoms with E-state index in [-0.39, 0.29) is 0 Å². The highest BCUT2D eigenvalue weighted by molar-refractivity contribution is 7.99. The van der Waals surface area contributed by atoms with Gasteiger partial charge in [0.1, 0.15) is 0 Å². The van der Waals surface area contributed by atoms with E-state index in [1.54, 1.807) is 14.2 Å². The van der Waals surface area contributed by atoms with Gasteiger partial charge in [-0.2, -0.15) is 11.8 Å². The fourth-order valence-electron chi connectivity index (χ4n) is 0.715. The summed E-state index contributed by atoms with van der Waals surface area (Å²) >= 11 is 1.81. The molecule has 0 saturated carbocycles. The van der Waals surface area contributed by atoms with Crippen LogP contribution in [0.3, 0.4) is 0 Å². The van der Waals surface area contributed by atoms with Crippen LogP contribution in [0, 0.1) is 0 Å². The molecule has 3 nitrogen and oxygen atoms in total. The van der Waals surface area contributed by atoms with E-state index in [1.165, 1.54) is 0 Å². The van der Waals surface area contributed by atoms with E-state index in [9.17, 15) is 0 Å². The van der Waals surface area contributed by atoms with Gasteiger partial charge >= 0.3 is 9.53 Å². The summed E-state index contributed by atoms with van der Waals surface area (Å²) < 4.78 is 15.4. The number of hydrogen-bond donors (Lipinski definition) is 0. The first-order chi connectivity index (χ1) is 5.78. The van der Waals surface area contributed by atoms with E-state index in [0.29, 0.717) is 11.9 Å². The van der Waals surface area contributed by atoms with Crippen molar-refractivity contribution >= 4 is 21.3 Å². The minimum atomic E-state index is -1.45. The zero-order chi connectivity index (χ0) is 9.40. The molecule has 1 radical (unpaired) electrons. The van der Waals surface area contributed by atoms with Gasteiger partial charge in [-0.15, -0.1) is 0 Å². The Balaban J connectivity index is 3.49. The largest absolute Gasteiger partial charge is 0.577 e. The standard InChI is InChI=1S/C7H17O3SSi/c1-5-7(11-4)6-10-12(8-2)9-3/h7H,5-6H2,1-4H3. The number of rotatable bonds is 7. The van der Waals surface area contributed by atoms with E-state index in [1.807, 2.05) is 11.8 Å². The van der Waals surface area contributed by atoms with Crippen molar-refractivity contribution in [1.82, 2.24) is 0 Å². The van der Waals surface area contributed by atoms with Crippen molar-refractivity contribution in [3.63, 3.8) is 0 Å². The Morgan fingerprint density at radius 1 is 1.33 bits per heavy atom. The third-order valence-electron chi connectivity index (χ3n) is 1.51. The average molecular weight is 209 g/mol. The molecule has 1 atom stereocenters. The number of thioether (sulfide) groups is 1. The van der Waals surface area contributed by atoms with E-state index in [0.717, 1.165) is 6.42 Å². The second-order valence-corrected chi connectivity index (χ2v) is 4.98. The van der Waals surface area contributed by atoms with Crippen LogP contribution in [0.4, 0.5) is 0 Å². The molecule has 73 valence electrons. The van der Waals surface area contributed by atoms with Gasteiger partial charge < -0.3 is 13.3 Å². The van der Waals surface area contributed by atoms with Gasteiger partial charge in [0, 0.05) is 19.5 Å². The summed E-state index contributed by atoms with van der Waals surface area (Å²) in [5.74, 6) is 0. The zero-order valence-electron chi connectivity index (χ0n) is 8.12. The van der Waals surface area contributed by atoms with Gasteiger partial charge in [0.15, 0.2) is 0 Å². The molecule has 0 amide bonds. The van der Waals surface area contributed by atoms with Crippen LogP contribution >= 0.6 is 11.8 Å². The Kier molecular flexibility index (Phi) is 8.36. The van der Waals surface area contributed by atoms with Gasteiger partial charge in [0.2, 0.25) is 0 Å². The first-order valence-electron chi connectivity index (χ1n) is 3.89. The van der Waals surface area contributed by atoms with Crippen molar-refractivity contribution < 1.29 is 13.3 Å². The predicted molar refractivity (Wildman–Crippen MR) is 53.3 cm³/mol. The highest BCUT2D eigenvalue weighted by atomic mass is 32.2. The maximum Gasteiger partial charge on any atom is 0.577 e. The molecular formula is C7H17O3SSi. The normalized spacial score (nSPS) is 13.8. The molecule has 0 rings (SSSR count). The fourth-order valence-corrected chi connectivity index (χ4v) is 2.11. The maximum atomic E-state index is 5.42. The molecule has 0 aromatic rings. The molecule has 1 unspecified atom stereocenters. The molecule has 0 saturated heterocycles. The molecule has 0 spiro atoms. The third kappa shape index (κ3) is 5.16. The molecule has 0 aliphatic heterocycles. The summed E-state index contributed by atoms with van der Waals surface area (Å²) in [7, 11) is 1.77. The van der Waals surface area contributed by atoms with Gasteiger partial charge in [-0.3, -0.25) is 0 Å². The Bertz CT molecular complexity index is 84.7.